The third-order valence-corrected chi connectivity index (χ3v) is 4.32. The summed E-state index contributed by atoms with van der Waals surface area (Å²) in [5.74, 6) is 0.449. The molecule has 6 heteroatoms. The van der Waals surface area contributed by atoms with Crippen molar-refractivity contribution in [1.29, 1.82) is 0 Å². The van der Waals surface area contributed by atoms with Gasteiger partial charge in [-0.3, -0.25) is 4.68 Å². The predicted molar refractivity (Wildman–Crippen MR) is 85.9 cm³/mol. The van der Waals surface area contributed by atoms with Crippen molar-refractivity contribution in [1.82, 2.24) is 20.1 Å². The van der Waals surface area contributed by atoms with Crippen LogP contribution in [-0.4, -0.2) is 35.0 Å². The Morgan fingerprint density at radius 2 is 2.19 bits per heavy atom. The number of nitrogens with zero attached hydrogens (tertiary/aromatic N) is 3. The van der Waals surface area contributed by atoms with Gasteiger partial charge in [-0.2, -0.15) is 5.10 Å². The van der Waals surface area contributed by atoms with Crippen LogP contribution in [0.1, 0.15) is 47.8 Å². The number of nitrogens with one attached hydrogen (secondary N) is 1. The molecule has 0 aromatic carbocycles. The Balaban J connectivity index is 2.28. The highest BCUT2D eigenvalue weighted by Crippen LogP contribution is 2.28. The highest BCUT2D eigenvalue weighted by Gasteiger charge is 2.21. The van der Waals surface area contributed by atoms with E-state index < -0.39 is 0 Å². The molecular formula is C15H24N4OS. The van der Waals surface area contributed by atoms with Crippen LogP contribution >= 0.6 is 11.3 Å². The number of ether oxygens (including phenoxy) is 1. The van der Waals surface area contributed by atoms with Crippen molar-refractivity contribution in [2.75, 3.05) is 20.3 Å². The molecule has 0 radical (unpaired) electrons. The molecule has 5 nitrogen and oxygen atoms in total. The van der Waals surface area contributed by atoms with E-state index in [1.807, 2.05) is 18.7 Å². The Labute approximate surface area is 130 Å². The summed E-state index contributed by atoms with van der Waals surface area (Å²) < 4.78 is 7.00. The molecule has 0 fully saturated rings. The zero-order chi connectivity index (χ0) is 15.4. The average Bonchev–Trinajstić information content (AvgIpc) is 3.02. The second-order valence-corrected chi connectivity index (χ2v) is 6.38. The van der Waals surface area contributed by atoms with Crippen LogP contribution in [0.25, 0.3) is 0 Å². The SMILES string of the molecule is COCCNC(c1nc(C(C)C)cs1)c1cn(C)nc1C. The second-order valence-electron chi connectivity index (χ2n) is 5.49. The molecule has 0 saturated heterocycles. The molecule has 0 saturated carbocycles. The molecule has 2 heterocycles. The van der Waals surface area contributed by atoms with Gasteiger partial charge in [0.05, 0.1) is 24.0 Å². The van der Waals surface area contributed by atoms with E-state index in [1.54, 1.807) is 18.4 Å². The van der Waals surface area contributed by atoms with E-state index in [-0.39, 0.29) is 6.04 Å². The first kappa shape index (κ1) is 16.1. The molecule has 2 rings (SSSR count). The summed E-state index contributed by atoms with van der Waals surface area (Å²) in [6, 6.07) is 0.0753. The molecule has 0 spiro atoms. The number of hydrogen-bond acceptors (Lipinski definition) is 5. The third kappa shape index (κ3) is 3.90. The molecule has 1 atom stereocenters. The number of aromatic nitrogens is 3. The maximum absolute atomic E-state index is 5.14. The highest BCUT2D eigenvalue weighted by molar-refractivity contribution is 7.09. The van der Waals surface area contributed by atoms with E-state index in [0.717, 1.165) is 22.9 Å². The van der Waals surface area contributed by atoms with Gasteiger partial charge < -0.3 is 10.1 Å². The topological polar surface area (TPSA) is 52.0 Å². The summed E-state index contributed by atoms with van der Waals surface area (Å²) in [6.45, 7) is 7.84. The van der Waals surface area contributed by atoms with Crippen LogP contribution < -0.4 is 5.32 Å². The van der Waals surface area contributed by atoms with E-state index in [4.69, 9.17) is 9.72 Å². The minimum atomic E-state index is 0.0753. The lowest BCUT2D eigenvalue weighted by Gasteiger charge is -2.16. The summed E-state index contributed by atoms with van der Waals surface area (Å²) in [6.07, 6.45) is 2.07. The zero-order valence-corrected chi connectivity index (χ0v) is 14.2. The van der Waals surface area contributed by atoms with Gasteiger partial charge >= 0.3 is 0 Å². The molecule has 0 aliphatic rings. The molecule has 21 heavy (non-hydrogen) atoms. The summed E-state index contributed by atoms with van der Waals surface area (Å²) in [5, 5.41) is 11.2. The molecule has 0 amide bonds. The number of aryl methyl sites for hydroxylation is 2. The number of hydrogen-bond donors (Lipinski definition) is 1. The Hall–Kier alpha value is -1.24. The monoisotopic (exact) mass is 308 g/mol. The van der Waals surface area contributed by atoms with Crippen molar-refractivity contribution in [2.24, 2.45) is 7.05 Å². The first-order chi connectivity index (χ1) is 10.0. The van der Waals surface area contributed by atoms with Gasteiger partial charge in [0.15, 0.2) is 0 Å². The van der Waals surface area contributed by atoms with Gasteiger partial charge in [0.1, 0.15) is 5.01 Å². The molecule has 1 unspecified atom stereocenters. The fraction of sp³-hybridized carbons (Fsp3) is 0.600. The van der Waals surface area contributed by atoms with Gasteiger partial charge in [-0.05, 0) is 12.8 Å². The van der Waals surface area contributed by atoms with Crippen LogP contribution in [0.3, 0.4) is 0 Å². The van der Waals surface area contributed by atoms with Gasteiger partial charge in [0, 0.05) is 37.8 Å². The maximum Gasteiger partial charge on any atom is 0.115 e. The summed E-state index contributed by atoms with van der Waals surface area (Å²) in [7, 11) is 3.66. The fourth-order valence-electron chi connectivity index (χ4n) is 2.24. The number of methoxy groups -OCH3 is 1. The molecule has 2 aromatic rings. The van der Waals surface area contributed by atoms with Crippen molar-refractivity contribution >= 4 is 11.3 Å². The molecular weight excluding hydrogens is 284 g/mol. The smallest absolute Gasteiger partial charge is 0.115 e. The van der Waals surface area contributed by atoms with E-state index in [9.17, 15) is 0 Å². The Morgan fingerprint density at radius 1 is 1.43 bits per heavy atom. The summed E-state index contributed by atoms with van der Waals surface area (Å²) >= 11 is 1.71. The van der Waals surface area contributed by atoms with Gasteiger partial charge in [-0.1, -0.05) is 13.8 Å². The van der Waals surface area contributed by atoms with Crippen LogP contribution in [0, 0.1) is 6.92 Å². The lowest BCUT2D eigenvalue weighted by Crippen LogP contribution is -2.26. The first-order valence-corrected chi connectivity index (χ1v) is 8.08. The van der Waals surface area contributed by atoms with Crippen molar-refractivity contribution < 1.29 is 4.74 Å². The van der Waals surface area contributed by atoms with Crippen LogP contribution in [0.2, 0.25) is 0 Å². The minimum Gasteiger partial charge on any atom is -0.383 e. The minimum absolute atomic E-state index is 0.0753. The molecule has 0 aliphatic carbocycles. The van der Waals surface area contributed by atoms with E-state index in [2.05, 4.69) is 35.8 Å². The lowest BCUT2D eigenvalue weighted by atomic mass is 10.1. The van der Waals surface area contributed by atoms with Gasteiger partial charge in [-0.15, -0.1) is 11.3 Å². The first-order valence-electron chi connectivity index (χ1n) is 7.20. The number of thiazole rings is 1. The third-order valence-electron chi connectivity index (χ3n) is 3.40. The molecule has 2 aromatic heterocycles. The van der Waals surface area contributed by atoms with Crippen LogP contribution in [0.5, 0.6) is 0 Å². The Kier molecular flexibility index (Phi) is 5.50. The standard InChI is InChI=1S/C15H24N4OS/c1-10(2)13-9-21-15(17-13)14(16-6-7-20-5)12-8-19(4)18-11(12)3/h8-10,14,16H,6-7H2,1-5H3. The maximum atomic E-state index is 5.14. The van der Waals surface area contributed by atoms with E-state index in [0.29, 0.717) is 12.5 Å². The largest absolute Gasteiger partial charge is 0.383 e. The van der Waals surface area contributed by atoms with Crippen LogP contribution in [0.15, 0.2) is 11.6 Å². The van der Waals surface area contributed by atoms with Crippen LogP contribution in [-0.2, 0) is 11.8 Å². The average molecular weight is 308 g/mol. The van der Waals surface area contributed by atoms with Crippen molar-refractivity contribution in [3.8, 4) is 0 Å². The molecule has 1 N–H and O–H groups in total. The molecule has 116 valence electrons. The van der Waals surface area contributed by atoms with Crippen LogP contribution in [0.4, 0.5) is 0 Å². The van der Waals surface area contributed by atoms with E-state index >= 15 is 0 Å². The Bertz CT molecular complexity index is 576. The second kappa shape index (κ2) is 7.15. The predicted octanol–water partition coefficient (Wildman–Crippen LogP) is 2.63. The lowest BCUT2D eigenvalue weighted by molar-refractivity contribution is 0.197. The summed E-state index contributed by atoms with van der Waals surface area (Å²) in [5.41, 5.74) is 3.36. The zero-order valence-electron chi connectivity index (χ0n) is 13.4. The molecule has 0 aliphatic heterocycles. The van der Waals surface area contributed by atoms with Crippen molar-refractivity contribution in [3.05, 3.63) is 33.5 Å². The van der Waals surface area contributed by atoms with E-state index in [1.165, 1.54) is 5.56 Å². The highest BCUT2D eigenvalue weighted by atomic mass is 32.1. The number of rotatable bonds is 7. The fourth-order valence-corrected chi connectivity index (χ4v) is 3.31. The van der Waals surface area contributed by atoms with Gasteiger partial charge in [0.2, 0.25) is 0 Å². The molecule has 0 bridgehead atoms. The van der Waals surface area contributed by atoms with Gasteiger partial charge in [0.25, 0.3) is 0 Å². The normalized spacial score (nSPS) is 13.0. The van der Waals surface area contributed by atoms with Crippen molar-refractivity contribution in [2.45, 2.75) is 32.7 Å². The Morgan fingerprint density at radius 3 is 2.71 bits per heavy atom. The quantitative estimate of drug-likeness (QED) is 0.799. The van der Waals surface area contributed by atoms with Crippen molar-refractivity contribution in [3.63, 3.8) is 0 Å². The summed E-state index contributed by atoms with van der Waals surface area (Å²) in [4.78, 5) is 4.79. The van der Waals surface area contributed by atoms with Gasteiger partial charge in [-0.25, -0.2) is 4.98 Å².